The second-order valence-electron chi connectivity index (χ2n) is 9.12. The zero-order chi connectivity index (χ0) is 36.5. The van der Waals surface area contributed by atoms with Crippen LogP contribution in [0.3, 0.4) is 0 Å². The van der Waals surface area contributed by atoms with Crippen molar-refractivity contribution in [2.24, 2.45) is 0 Å². The third kappa shape index (κ3) is 21.0. The van der Waals surface area contributed by atoms with E-state index in [1.165, 1.54) is 43.1 Å². The van der Waals surface area contributed by atoms with Crippen LogP contribution in [0.4, 0.5) is 0 Å². The van der Waals surface area contributed by atoms with E-state index < -0.39 is 41.7 Å². The Kier molecular flexibility index (Phi) is 32.9. The molecule has 0 saturated heterocycles. The molecule has 0 unspecified atom stereocenters. The fourth-order valence-corrected chi connectivity index (χ4v) is 4.28. The molecule has 8 rings (SSSR count). The van der Waals surface area contributed by atoms with Crippen molar-refractivity contribution in [2.45, 2.75) is 19.5 Å². The maximum Gasteiger partial charge on any atom is -0.0809 e. The summed E-state index contributed by atoms with van der Waals surface area (Å²) in [7, 11) is 25.7. The van der Waals surface area contributed by atoms with Crippen molar-refractivity contribution in [3.8, 4) is 0 Å². The maximum atomic E-state index is 4.93. The van der Waals surface area contributed by atoms with E-state index in [4.69, 9.17) is 34.1 Å². The molecule has 0 saturated carbocycles. The summed E-state index contributed by atoms with van der Waals surface area (Å²) < 4.78 is 0. The molecule has 0 aliphatic carbocycles. The van der Waals surface area contributed by atoms with Gasteiger partial charge >= 0.3 is 75.7 Å². The van der Waals surface area contributed by atoms with Crippen molar-refractivity contribution in [1.29, 1.82) is 0 Å². The van der Waals surface area contributed by atoms with Crippen molar-refractivity contribution >= 4 is 97.6 Å². The van der Waals surface area contributed by atoms with E-state index in [2.05, 4.69) is 204 Å². The van der Waals surface area contributed by atoms with Crippen molar-refractivity contribution in [2.75, 3.05) is 0 Å². The predicted molar refractivity (Wildman–Crippen MR) is 220 cm³/mol. The molecule has 6 radical (unpaired) electrons. The maximum absolute atomic E-state index is 4.93. The number of hydrogen-bond donors (Lipinski definition) is 0. The normalized spacial score (nSPS) is 8.69. The fraction of sp³-hybridized carbons (Fsp3) is 0.0732. The topological polar surface area (TPSA) is 0 Å². The SMILES string of the molecule is C[Si].C[Si].[CH2-]C[CH2-].[Cl][Zr][Cl].[Cl][Zr][Cl].c1ccc2[cH-]ccc2c1.c1ccc2[cH-]ccc2c1.c1ccc2[cH-]ccc2c1.c1ccc2[cH-]ccc2c1. The summed E-state index contributed by atoms with van der Waals surface area (Å²) >= 11 is -1.65. The standard InChI is InChI=1S/4C9H7.C3H6.2CH3Si.4ClH.2Zr/c4*1-2-5-9-7-3-6-8(9)4-1;1-3-2;2*1-2;;;;;;/h4*1-7H;1-3H2;2*1H3;4*1H;;/q4*-1;-2;;;;;;;2*+2/p-4. The van der Waals surface area contributed by atoms with E-state index >= 15 is 0 Å². The first-order valence-corrected chi connectivity index (χ1v) is 29.7. The van der Waals surface area contributed by atoms with Gasteiger partial charge in [-0.3, -0.25) is 0 Å². The molecule has 49 heavy (non-hydrogen) atoms. The van der Waals surface area contributed by atoms with Crippen LogP contribution < -0.4 is 0 Å². The summed E-state index contributed by atoms with van der Waals surface area (Å²) in [5.74, 6) is 0. The third-order valence-electron chi connectivity index (χ3n) is 6.19. The second kappa shape index (κ2) is 33.8. The van der Waals surface area contributed by atoms with E-state index in [9.17, 15) is 0 Å². The number of benzene rings is 4. The molecule has 0 N–H and O–H groups in total. The van der Waals surface area contributed by atoms with Gasteiger partial charge in [-0.1, -0.05) is 37.4 Å². The number of halogens is 4. The minimum Gasteiger partial charge on any atom is -0.168 e. The molecule has 0 bridgehead atoms. The Bertz CT molecular complexity index is 1450. The summed E-state index contributed by atoms with van der Waals surface area (Å²) in [6, 6.07) is 58.7. The Labute approximate surface area is 338 Å². The van der Waals surface area contributed by atoms with E-state index in [0.29, 0.717) is 0 Å². The Hall–Kier alpha value is -1.32. The molecule has 0 atom stereocenters. The van der Waals surface area contributed by atoms with Gasteiger partial charge in [0.15, 0.2) is 0 Å². The minimum atomic E-state index is -0.826. The average Bonchev–Trinajstić information content (AvgIpc) is 3.99. The zero-order valence-corrected chi connectivity index (χ0v) is 37.7. The number of rotatable bonds is 0. The molecular weight excluding hydrogens is 873 g/mol. The van der Waals surface area contributed by atoms with Crippen LogP contribution in [-0.2, 0) is 41.7 Å². The fourth-order valence-electron chi connectivity index (χ4n) is 4.28. The van der Waals surface area contributed by atoms with Gasteiger partial charge < -0.3 is 20.3 Å². The van der Waals surface area contributed by atoms with Crippen LogP contribution in [-0.4, -0.2) is 20.5 Å². The summed E-state index contributed by atoms with van der Waals surface area (Å²) in [5.41, 5.74) is 0. The van der Waals surface area contributed by atoms with Crippen LogP contribution in [0, 0.1) is 13.8 Å². The van der Waals surface area contributed by atoms with E-state index in [-0.39, 0.29) is 0 Å². The van der Waals surface area contributed by atoms with Crippen LogP contribution in [0.15, 0.2) is 170 Å². The van der Waals surface area contributed by atoms with Gasteiger partial charge in [-0.05, 0) is 0 Å². The van der Waals surface area contributed by atoms with Crippen LogP contribution in [0.1, 0.15) is 6.42 Å². The Morgan fingerprint density at radius 2 is 0.571 bits per heavy atom. The van der Waals surface area contributed by atoms with Gasteiger partial charge in [0.25, 0.3) is 0 Å². The van der Waals surface area contributed by atoms with Gasteiger partial charge in [-0.15, -0.1) is 119 Å². The van der Waals surface area contributed by atoms with Crippen LogP contribution >= 0.6 is 34.1 Å². The molecule has 0 aliphatic rings. The first kappa shape index (κ1) is 47.7. The molecule has 8 aromatic rings. The zero-order valence-electron chi connectivity index (χ0n) is 27.8. The molecule has 0 fully saturated rings. The molecule has 254 valence electrons. The van der Waals surface area contributed by atoms with Gasteiger partial charge in [-0.2, -0.15) is 70.1 Å². The molecule has 0 amide bonds. The van der Waals surface area contributed by atoms with Gasteiger partial charge in [0.1, 0.15) is 0 Å². The Morgan fingerprint density at radius 3 is 0.735 bits per heavy atom. The van der Waals surface area contributed by atoms with Gasteiger partial charge in [0.05, 0.1) is 0 Å². The third-order valence-corrected chi connectivity index (χ3v) is 6.19. The smallest absolute Gasteiger partial charge is 0.0809 e. The van der Waals surface area contributed by atoms with Crippen molar-refractivity contribution in [3.05, 3.63) is 184 Å². The Balaban J connectivity index is 0.000000563. The summed E-state index contributed by atoms with van der Waals surface area (Å²) in [6.45, 7) is 10.4. The molecule has 8 aromatic carbocycles. The molecule has 8 heteroatoms. The van der Waals surface area contributed by atoms with E-state index in [1.54, 1.807) is 13.1 Å². The summed E-state index contributed by atoms with van der Waals surface area (Å²) in [6.07, 6.45) is 0.750. The minimum absolute atomic E-state index is 0.750. The summed E-state index contributed by atoms with van der Waals surface area (Å²) in [5, 5.41) is 10.6. The first-order chi connectivity index (χ1) is 24.1. The van der Waals surface area contributed by atoms with E-state index in [0.717, 1.165) is 6.42 Å². The average molecular weight is 913 g/mol. The second-order valence-corrected chi connectivity index (χ2v) is 16.6. The van der Waals surface area contributed by atoms with Gasteiger partial charge in [0, 0.05) is 20.5 Å². The molecule has 0 aromatic heterocycles. The molecule has 0 heterocycles. The quantitative estimate of drug-likeness (QED) is 0.105. The van der Waals surface area contributed by atoms with Crippen LogP contribution in [0.25, 0.3) is 43.1 Å². The van der Waals surface area contributed by atoms with Crippen molar-refractivity contribution in [1.82, 2.24) is 0 Å². The summed E-state index contributed by atoms with van der Waals surface area (Å²) in [4.78, 5) is 0. The van der Waals surface area contributed by atoms with Crippen LogP contribution in [0.2, 0.25) is 13.1 Å². The van der Waals surface area contributed by atoms with Crippen molar-refractivity contribution < 1.29 is 41.7 Å². The number of fused-ring (bicyclic) bond motifs is 4. The largest absolute Gasteiger partial charge is 0.168 e. The first-order valence-electron chi connectivity index (χ1n) is 15.0. The van der Waals surface area contributed by atoms with E-state index in [1.807, 2.05) is 0 Å². The predicted octanol–water partition coefficient (Wildman–Crippen LogP) is 14.4. The molecule has 0 aliphatic heterocycles. The van der Waals surface area contributed by atoms with Gasteiger partial charge in [0.2, 0.25) is 0 Å². The monoisotopic (exact) mass is 908 g/mol. The molecular formula is C41H40Cl4Si2Zr2-6. The van der Waals surface area contributed by atoms with Gasteiger partial charge in [-0.25, -0.2) is 0 Å². The molecule has 0 spiro atoms. The van der Waals surface area contributed by atoms with Crippen LogP contribution in [0.5, 0.6) is 0 Å². The number of hydrogen-bond acceptors (Lipinski definition) is 0. The van der Waals surface area contributed by atoms with Crippen molar-refractivity contribution in [3.63, 3.8) is 0 Å². The molecule has 0 nitrogen and oxygen atoms in total. The Morgan fingerprint density at radius 1 is 0.408 bits per heavy atom.